The maximum Gasteiger partial charge on any atom is 0.238 e. The van der Waals surface area contributed by atoms with Crippen LogP contribution in [-0.2, 0) is 0 Å². The molecule has 0 fully saturated rings. The van der Waals surface area contributed by atoms with Crippen LogP contribution in [0.2, 0.25) is 0 Å². The normalized spacial score (nSPS) is 12.4. The summed E-state index contributed by atoms with van der Waals surface area (Å²) in [6, 6.07) is 5.60. The van der Waals surface area contributed by atoms with Crippen molar-refractivity contribution in [3.05, 3.63) is 46.9 Å². The monoisotopic (exact) mass is 165 g/mol. The fourth-order valence-corrected chi connectivity index (χ4v) is 0.888. The van der Waals surface area contributed by atoms with Gasteiger partial charge in [0.15, 0.2) is 0 Å². The van der Waals surface area contributed by atoms with Gasteiger partial charge < -0.3 is 5.73 Å². The molecule has 0 amide bonds. The molecule has 1 aromatic carbocycles. The molecule has 0 heterocycles. The van der Waals surface area contributed by atoms with Crippen LogP contribution < -0.4 is 5.73 Å². The van der Waals surface area contributed by atoms with Gasteiger partial charge in [-0.1, -0.05) is 12.1 Å². The van der Waals surface area contributed by atoms with Crippen LogP contribution >= 0.6 is 0 Å². The molecule has 0 aromatic heterocycles. The van der Waals surface area contributed by atoms with E-state index in [2.05, 4.69) is 6.92 Å². The summed E-state index contributed by atoms with van der Waals surface area (Å²) in [5, 5.41) is 10.3. The molecular formula is C8H9N2O2. The average Bonchev–Trinajstić information content (AvgIpc) is 2.03. The second-order valence-corrected chi connectivity index (χ2v) is 2.47. The number of rotatable bonds is 2. The van der Waals surface area contributed by atoms with Crippen molar-refractivity contribution in [2.75, 3.05) is 5.73 Å². The standard InChI is InChI=1S/C8H9N2O2/c1-6(10(11)12)7-3-2-4-8(9)5-7/h2-6H,1,9H2. The van der Waals surface area contributed by atoms with Crippen molar-refractivity contribution >= 4 is 5.69 Å². The molecule has 1 atom stereocenters. The molecular weight excluding hydrogens is 156 g/mol. The molecule has 0 aliphatic rings. The Bertz CT molecular complexity index is 299. The highest BCUT2D eigenvalue weighted by Crippen LogP contribution is 2.17. The minimum atomic E-state index is -0.937. The highest BCUT2D eigenvalue weighted by Gasteiger charge is 2.15. The number of nitrogens with two attached hydrogens (primary N) is 1. The molecule has 63 valence electrons. The lowest BCUT2D eigenvalue weighted by molar-refractivity contribution is -0.516. The van der Waals surface area contributed by atoms with Crippen LogP contribution in [0.1, 0.15) is 11.6 Å². The fourth-order valence-electron chi connectivity index (χ4n) is 0.888. The van der Waals surface area contributed by atoms with E-state index in [1.54, 1.807) is 24.3 Å². The van der Waals surface area contributed by atoms with Crippen molar-refractivity contribution in [3.63, 3.8) is 0 Å². The first-order chi connectivity index (χ1) is 5.61. The maximum absolute atomic E-state index is 10.3. The lowest BCUT2D eigenvalue weighted by Crippen LogP contribution is -2.06. The smallest absolute Gasteiger partial charge is 0.238 e. The van der Waals surface area contributed by atoms with E-state index in [9.17, 15) is 10.1 Å². The number of nitrogens with zero attached hydrogens (tertiary/aromatic N) is 1. The molecule has 4 nitrogen and oxygen atoms in total. The highest BCUT2D eigenvalue weighted by atomic mass is 16.6. The molecule has 0 aliphatic carbocycles. The van der Waals surface area contributed by atoms with Gasteiger partial charge in [0, 0.05) is 23.1 Å². The predicted molar refractivity (Wildman–Crippen MR) is 45.9 cm³/mol. The van der Waals surface area contributed by atoms with Crippen molar-refractivity contribution < 1.29 is 4.92 Å². The molecule has 2 N–H and O–H groups in total. The molecule has 1 unspecified atom stereocenters. The van der Waals surface area contributed by atoms with Gasteiger partial charge in [-0.15, -0.1) is 0 Å². The van der Waals surface area contributed by atoms with Crippen LogP contribution in [-0.4, -0.2) is 4.92 Å². The summed E-state index contributed by atoms with van der Waals surface area (Å²) in [5.74, 6) is 0. The van der Waals surface area contributed by atoms with Crippen molar-refractivity contribution in [2.24, 2.45) is 0 Å². The van der Waals surface area contributed by atoms with Crippen LogP contribution in [0, 0.1) is 17.0 Å². The van der Waals surface area contributed by atoms with Crippen LogP contribution in [0.4, 0.5) is 5.69 Å². The quantitative estimate of drug-likeness (QED) is 0.409. The molecule has 12 heavy (non-hydrogen) atoms. The van der Waals surface area contributed by atoms with Crippen LogP contribution in [0.15, 0.2) is 24.3 Å². The summed E-state index contributed by atoms with van der Waals surface area (Å²) in [6.07, 6.45) is 0. The van der Waals surface area contributed by atoms with Crippen molar-refractivity contribution in [1.82, 2.24) is 0 Å². The van der Waals surface area contributed by atoms with E-state index in [1.165, 1.54) is 0 Å². The van der Waals surface area contributed by atoms with Gasteiger partial charge in [0.1, 0.15) is 0 Å². The molecule has 0 aliphatic heterocycles. The topological polar surface area (TPSA) is 69.2 Å². The number of nitrogen functional groups attached to an aromatic ring is 1. The second-order valence-electron chi connectivity index (χ2n) is 2.47. The Morgan fingerprint density at radius 2 is 2.25 bits per heavy atom. The van der Waals surface area contributed by atoms with Crippen molar-refractivity contribution in [3.8, 4) is 0 Å². The Morgan fingerprint density at radius 3 is 2.75 bits per heavy atom. The second kappa shape index (κ2) is 3.21. The molecule has 0 saturated heterocycles. The largest absolute Gasteiger partial charge is 0.399 e. The highest BCUT2D eigenvalue weighted by molar-refractivity contribution is 5.41. The lowest BCUT2D eigenvalue weighted by atomic mass is 10.1. The maximum atomic E-state index is 10.3. The van der Waals surface area contributed by atoms with Gasteiger partial charge >= 0.3 is 0 Å². The van der Waals surface area contributed by atoms with E-state index in [-0.39, 0.29) is 0 Å². The van der Waals surface area contributed by atoms with E-state index >= 15 is 0 Å². The van der Waals surface area contributed by atoms with Gasteiger partial charge in [0.2, 0.25) is 6.04 Å². The van der Waals surface area contributed by atoms with Crippen molar-refractivity contribution in [1.29, 1.82) is 0 Å². The zero-order valence-electron chi connectivity index (χ0n) is 6.43. The first-order valence-corrected chi connectivity index (χ1v) is 3.43. The Morgan fingerprint density at radius 1 is 1.58 bits per heavy atom. The van der Waals surface area contributed by atoms with E-state index in [1.807, 2.05) is 0 Å². The van der Waals surface area contributed by atoms with Crippen molar-refractivity contribution in [2.45, 2.75) is 6.04 Å². The zero-order valence-corrected chi connectivity index (χ0v) is 6.43. The van der Waals surface area contributed by atoms with Crippen LogP contribution in [0.3, 0.4) is 0 Å². The van der Waals surface area contributed by atoms with E-state index < -0.39 is 11.0 Å². The molecule has 4 heteroatoms. The molecule has 0 saturated carbocycles. The first-order valence-electron chi connectivity index (χ1n) is 3.43. The third kappa shape index (κ3) is 1.72. The average molecular weight is 165 g/mol. The van der Waals surface area contributed by atoms with E-state index in [4.69, 9.17) is 5.73 Å². The first kappa shape index (κ1) is 8.52. The molecule has 0 spiro atoms. The summed E-state index contributed by atoms with van der Waals surface area (Å²) in [4.78, 5) is 9.86. The Balaban J connectivity index is 2.95. The molecule has 1 radical (unpaired) electrons. The zero-order chi connectivity index (χ0) is 9.14. The van der Waals surface area contributed by atoms with E-state index in [0.29, 0.717) is 11.3 Å². The van der Waals surface area contributed by atoms with Crippen LogP contribution in [0.25, 0.3) is 0 Å². The van der Waals surface area contributed by atoms with Crippen LogP contribution in [0.5, 0.6) is 0 Å². The Kier molecular flexibility index (Phi) is 2.28. The summed E-state index contributed by atoms with van der Waals surface area (Å²) >= 11 is 0. The number of anilines is 1. The number of benzene rings is 1. The molecule has 1 aromatic rings. The van der Waals surface area contributed by atoms with E-state index in [0.717, 1.165) is 0 Å². The Labute approximate surface area is 70.2 Å². The molecule has 1 rings (SSSR count). The van der Waals surface area contributed by atoms with Gasteiger partial charge in [-0.2, -0.15) is 0 Å². The number of hydrogen-bond donors (Lipinski definition) is 1. The minimum absolute atomic E-state index is 0.450. The predicted octanol–water partition coefficient (Wildman–Crippen LogP) is 1.42. The summed E-state index contributed by atoms with van der Waals surface area (Å²) in [6.45, 7) is 3.39. The molecule has 0 bridgehead atoms. The van der Waals surface area contributed by atoms with Gasteiger partial charge in [-0.05, 0) is 12.1 Å². The van der Waals surface area contributed by atoms with Gasteiger partial charge in [0.05, 0.1) is 0 Å². The minimum Gasteiger partial charge on any atom is -0.399 e. The fraction of sp³-hybridized carbons (Fsp3) is 0.125. The summed E-state index contributed by atoms with van der Waals surface area (Å²) in [5.41, 5.74) is 6.49. The lowest BCUT2D eigenvalue weighted by Gasteiger charge is -2.03. The van der Waals surface area contributed by atoms with Gasteiger partial charge in [0.25, 0.3) is 0 Å². The Hall–Kier alpha value is -1.58. The van der Waals surface area contributed by atoms with Gasteiger partial charge in [-0.3, -0.25) is 10.1 Å². The van der Waals surface area contributed by atoms with Gasteiger partial charge in [-0.25, -0.2) is 0 Å². The SMILES string of the molecule is [CH2]C(c1cccc(N)c1)[N+](=O)[O-]. The number of hydrogen-bond acceptors (Lipinski definition) is 3. The third-order valence-electron chi connectivity index (χ3n) is 1.55. The third-order valence-corrected chi connectivity index (χ3v) is 1.55. The summed E-state index contributed by atoms with van der Waals surface area (Å²) in [7, 11) is 0. The summed E-state index contributed by atoms with van der Waals surface area (Å²) < 4.78 is 0. The number of nitro groups is 1.